The fraction of sp³-hybridized carbons (Fsp3) is 1.00. The minimum atomic E-state index is -2.84. The first kappa shape index (κ1) is 18.8. The lowest BCUT2D eigenvalue weighted by Crippen LogP contribution is -1.99. The van der Waals surface area contributed by atoms with Gasteiger partial charge in [-0.3, -0.25) is 9.09 Å². The third kappa shape index (κ3) is 12.1. The molecule has 0 N–H and O–H groups in total. The highest BCUT2D eigenvalue weighted by atomic mass is 31.2. The molecule has 0 rings (SSSR count). The molecule has 1 unspecified atom stereocenters. The average Bonchev–Trinajstić information content (AvgIpc) is 1.99. The van der Waals surface area contributed by atoms with Crippen LogP contribution in [-0.4, -0.2) is 27.2 Å². The SMILES string of the molecule is C.C.CCCOCOP(C)(=O)OC. The van der Waals surface area contributed by atoms with Gasteiger partial charge >= 0.3 is 7.60 Å². The van der Waals surface area contributed by atoms with Crippen molar-refractivity contribution in [2.75, 3.05) is 27.2 Å². The molecule has 5 heteroatoms. The summed E-state index contributed by atoms with van der Waals surface area (Å²) in [5, 5.41) is 0. The molecule has 13 heavy (non-hydrogen) atoms. The zero-order valence-corrected chi connectivity index (χ0v) is 8.10. The average molecular weight is 214 g/mol. The fourth-order valence-corrected chi connectivity index (χ4v) is 0.760. The van der Waals surface area contributed by atoms with Crippen LogP contribution in [0.5, 0.6) is 0 Å². The molecular formula is C8H23O4P. The first-order chi connectivity index (χ1) is 5.12. The van der Waals surface area contributed by atoms with Crippen LogP contribution in [0.3, 0.4) is 0 Å². The van der Waals surface area contributed by atoms with Gasteiger partial charge in [-0.2, -0.15) is 0 Å². The van der Waals surface area contributed by atoms with Crippen molar-refractivity contribution in [1.82, 2.24) is 0 Å². The Hall–Kier alpha value is 0.110. The zero-order chi connectivity index (χ0) is 8.74. The maximum absolute atomic E-state index is 11.0. The van der Waals surface area contributed by atoms with Gasteiger partial charge in [0.1, 0.15) is 0 Å². The number of ether oxygens (including phenoxy) is 1. The predicted molar refractivity (Wildman–Crippen MR) is 56.2 cm³/mol. The minimum Gasteiger partial charge on any atom is -0.355 e. The molecule has 0 aromatic carbocycles. The van der Waals surface area contributed by atoms with E-state index >= 15 is 0 Å². The van der Waals surface area contributed by atoms with E-state index < -0.39 is 7.60 Å². The number of hydrogen-bond donors (Lipinski definition) is 0. The molecule has 4 nitrogen and oxygen atoms in total. The Morgan fingerprint density at radius 2 is 1.85 bits per heavy atom. The lowest BCUT2D eigenvalue weighted by atomic mass is 10.5. The molecule has 0 fully saturated rings. The van der Waals surface area contributed by atoms with Crippen LogP contribution in [0.4, 0.5) is 0 Å². The molecule has 1 atom stereocenters. The Balaban J connectivity index is -0.000000500. The normalized spacial score (nSPS) is 13.8. The van der Waals surface area contributed by atoms with Gasteiger partial charge in [0.2, 0.25) is 0 Å². The summed E-state index contributed by atoms with van der Waals surface area (Å²) in [5.74, 6) is 0. The minimum absolute atomic E-state index is 0. The van der Waals surface area contributed by atoms with Crippen molar-refractivity contribution in [2.24, 2.45) is 0 Å². The first-order valence-electron chi connectivity index (χ1n) is 3.48. The molecule has 0 aliphatic carbocycles. The van der Waals surface area contributed by atoms with Crippen LogP contribution >= 0.6 is 7.60 Å². The quantitative estimate of drug-likeness (QED) is 0.387. The van der Waals surface area contributed by atoms with E-state index in [9.17, 15) is 4.57 Å². The second kappa shape index (κ2) is 10.2. The largest absolute Gasteiger partial charge is 0.355 e. The van der Waals surface area contributed by atoms with Crippen molar-refractivity contribution in [3.63, 3.8) is 0 Å². The lowest BCUT2D eigenvalue weighted by molar-refractivity contribution is 0.00842. The monoisotopic (exact) mass is 214 g/mol. The Labute approximate surface area is 82.1 Å². The fourth-order valence-electron chi connectivity index (χ4n) is 0.389. The molecule has 0 amide bonds. The van der Waals surface area contributed by atoms with E-state index in [2.05, 4.69) is 4.52 Å². The molecular weight excluding hydrogens is 191 g/mol. The molecule has 0 aromatic rings. The van der Waals surface area contributed by atoms with Crippen molar-refractivity contribution in [1.29, 1.82) is 0 Å². The summed E-state index contributed by atoms with van der Waals surface area (Å²) in [6.07, 6.45) is 0.921. The molecule has 0 saturated carbocycles. The van der Waals surface area contributed by atoms with Gasteiger partial charge in [-0.15, -0.1) is 0 Å². The summed E-state index contributed by atoms with van der Waals surface area (Å²) in [4.78, 5) is 0. The van der Waals surface area contributed by atoms with Gasteiger partial charge in [0.05, 0.1) is 0 Å². The van der Waals surface area contributed by atoms with Gasteiger partial charge in [-0.1, -0.05) is 21.8 Å². The van der Waals surface area contributed by atoms with Crippen LogP contribution in [0.2, 0.25) is 0 Å². The van der Waals surface area contributed by atoms with E-state index in [1.165, 1.54) is 13.8 Å². The molecule has 0 bridgehead atoms. The Kier molecular flexibility index (Phi) is 14.7. The van der Waals surface area contributed by atoms with Crippen LogP contribution in [-0.2, 0) is 18.3 Å². The Bertz CT molecular complexity index is 138. The van der Waals surface area contributed by atoms with E-state index in [0.29, 0.717) is 6.61 Å². The zero-order valence-electron chi connectivity index (χ0n) is 7.20. The van der Waals surface area contributed by atoms with Gasteiger partial charge < -0.3 is 9.26 Å². The third-order valence-electron chi connectivity index (χ3n) is 1.05. The molecule has 0 aliphatic rings. The summed E-state index contributed by atoms with van der Waals surface area (Å²) < 4.78 is 25.3. The predicted octanol–water partition coefficient (Wildman–Crippen LogP) is 3.13. The van der Waals surface area contributed by atoms with Crippen molar-refractivity contribution in [3.05, 3.63) is 0 Å². The van der Waals surface area contributed by atoms with Crippen LogP contribution in [0.15, 0.2) is 0 Å². The molecule has 0 aliphatic heterocycles. The molecule has 0 aromatic heterocycles. The van der Waals surface area contributed by atoms with E-state index in [4.69, 9.17) is 9.26 Å². The van der Waals surface area contributed by atoms with E-state index in [0.717, 1.165) is 6.42 Å². The molecule has 84 valence electrons. The number of rotatable bonds is 6. The summed E-state index contributed by atoms with van der Waals surface area (Å²) >= 11 is 0. The van der Waals surface area contributed by atoms with E-state index in [-0.39, 0.29) is 21.6 Å². The maximum atomic E-state index is 11.0. The van der Waals surface area contributed by atoms with Crippen LogP contribution in [0.1, 0.15) is 28.2 Å². The topological polar surface area (TPSA) is 44.8 Å². The number of hydrogen-bond acceptors (Lipinski definition) is 4. The highest BCUT2D eigenvalue weighted by Gasteiger charge is 2.13. The van der Waals surface area contributed by atoms with E-state index in [1.54, 1.807) is 0 Å². The summed E-state index contributed by atoms with van der Waals surface area (Å²) in [6, 6.07) is 0. The lowest BCUT2D eigenvalue weighted by Gasteiger charge is -2.10. The smallest absolute Gasteiger partial charge is 0.329 e. The van der Waals surface area contributed by atoms with E-state index in [1.807, 2.05) is 6.92 Å². The van der Waals surface area contributed by atoms with Gasteiger partial charge in [0.25, 0.3) is 0 Å². The maximum Gasteiger partial charge on any atom is 0.329 e. The van der Waals surface area contributed by atoms with Crippen molar-refractivity contribution in [3.8, 4) is 0 Å². The summed E-state index contributed by atoms with van der Waals surface area (Å²) in [7, 11) is -1.49. The van der Waals surface area contributed by atoms with Gasteiger partial charge in [0.15, 0.2) is 6.79 Å². The van der Waals surface area contributed by atoms with Gasteiger partial charge in [0, 0.05) is 20.4 Å². The second-order valence-electron chi connectivity index (χ2n) is 2.11. The van der Waals surface area contributed by atoms with Gasteiger partial charge in [-0.25, -0.2) is 0 Å². The van der Waals surface area contributed by atoms with Gasteiger partial charge in [-0.05, 0) is 6.42 Å². The first-order valence-corrected chi connectivity index (χ1v) is 5.47. The molecule has 0 radical (unpaired) electrons. The molecule has 0 heterocycles. The third-order valence-corrected chi connectivity index (χ3v) is 2.29. The van der Waals surface area contributed by atoms with Crippen LogP contribution in [0.25, 0.3) is 0 Å². The van der Waals surface area contributed by atoms with Crippen LogP contribution < -0.4 is 0 Å². The van der Waals surface area contributed by atoms with Crippen LogP contribution in [0, 0.1) is 0 Å². The van der Waals surface area contributed by atoms with Crippen molar-refractivity contribution in [2.45, 2.75) is 28.2 Å². The van der Waals surface area contributed by atoms with Crippen molar-refractivity contribution >= 4 is 7.60 Å². The standard InChI is InChI=1S/C6H15O4P.2CH4/c1-4-5-9-6-10-11(3,7)8-2;;/h4-6H2,1-3H3;2*1H4. The molecule has 0 saturated heterocycles. The Morgan fingerprint density at radius 3 is 2.23 bits per heavy atom. The highest BCUT2D eigenvalue weighted by Crippen LogP contribution is 2.42. The highest BCUT2D eigenvalue weighted by molar-refractivity contribution is 7.52. The second-order valence-corrected chi connectivity index (χ2v) is 4.28. The Morgan fingerprint density at radius 1 is 1.31 bits per heavy atom. The summed E-state index contributed by atoms with van der Waals surface area (Å²) in [6.45, 7) is 4.04. The van der Waals surface area contributed by atoms with Crippen molar-refractivity contribution < 1.29 is 18.3 Å². The molecule has 0 spiro atoms. The summed E-state index contributed by atoms with van der Waals surface area (Å²) in [5.41, 5.74) is 0.